The van der Waals surface area contributed by atoms with Gasteiger partial charge in [-0.05, 0) is 6.07 Å². The molecule has 0 amide bonds. The first-order chi connectivity index (χ1) is 7.69. The number of carbonyl (C=O) groups excluding carboxylic acids is 1. The Balaban J connectivity index is 2.95. The first kappa shape index (κ1) is 10.2. The van der Waals surface area contributed by atoms with E-state index in [-0.39, 0.29) is 16.6 Å². The van der Waals surface area contributed by atoms with E-state index >= 15 is 0 Å². The lowest BCUT2D eigenvalue weighted by Gasteiger charge is -2.02. The van der Waals surface area contributed by atoms with Crippen molar-refractivity contribution in [3.8, 4) is 0 Å². The van der Waals surface area contributed by atoms with Crippen LogP contribution >= 0.6 is 0 Å². The molecule has 0 aliphatic heterocycles. The molecule has 0 unspecified atom stereocenters. The van der Waals surface area contributed by atoms with E-state index < -0.39 is 11.4 Å². The van der Waals surface area contributed by atoms with Crippen LogP contribution in [0, 0.1) is 0 Å². The molecule has 6 heteroatoms. The molecule has 0 saturated heterocycles. The van der Waals surface area contributed by atoms with Gasteiger partial charge in [-0.15, -0.1) is 0 Å². The van der Waals surface area contributed by atoms with Gasteiger partial charge in [0.25, 0.3) is 0 Å². The van der Waals surface area contributed by atoms with Crippen LogP contribution in [0.15, 0.2) is 23.3 Å². The van der Waals surface area contributed by atoms with Crippen molar-refractivity contribution in [2.24, 2.45) is 0 Å². The number of nitrogens with zero attached hydrogens (tertiary/aromatic N) is 2. The highest BCUT2D eigenvalue weighted by Crippen LogP contribution is 2.00. The number of methoxy groups -OCH3 is 1. The smallest absolute Gasteiger partial charge is 0.355 e. The van der Waals surface area contributed by atoms with Gasteiger partial charge in [0.1, 0.15) is 5.69 Å². The number of fused-ring (bicyclic) bond motifs is 1. The fourth-order valence-corrected chi connectivity index (χ4v) is 1.44. The Morgan fingerprint density at radius 3 is 3.00 bits per heavy atom. The Labute approximate surface area is 89.4 Å². The minimum absolute atomic E-state index is 0.000833. The predicted octanol–water partition coefficient (Wildman–Crippen LogP) is -0.504. The van der Waals surface area contributed by atoms with E-state index in [0.29, 0.717) is 6.26 Å². The second-order valence-corrected chi connectivity index (χ2v) is 3.06. The van der Waals surface area contributed by atoms with E-state index in [1.807, 2.05) is 0 Å². The van der Waals surface area contributed by atoms with Crippen molar-refractivity contribution in [1.82, 2.24) is 9.38 Å². The zero-order valence-electron chi connectivity index (χ0n) is 8.38. The fraction of sp³-hybridized carbons (Fsp3) is 0.100. The summed E-state index contributed by atoms with van der Waals surface area (Å²) in [5.41, 5.74) is -0.238. The zero-order valence-corrected chi connectivity index (χ0v) is 8.38. The van der Waals surface area contributed by atoms with Gasteiger partial charge in [-0.25, -0.2) is 9.78 Å². The molecule has 16 heavy (non-hydrogen) atoms. The largest absolute Gasteiger partial charge is 0.515 e. The van der Waals surface area contributed by atoms with Crippen molar-refractivity contribution in [2.75, 3.05) is 7.11 Å². The minimum atomic E-state index is -0.605. The van der Waals surface area contributed by atoms with Gasteiger partial charge in [-0.3, -0.25) is 9.20 Å². The van der Waals surface area contributed by atoms with Gasteiger partial charge in [-0.1, -0.05) is 0 Å². The lowest BCUT2D eigenvalue weighted by molar-refractivity contribution is 0.0592. The van der Waals surface area contributed by atoms with Crippen LogP contribution < -0.4 is 10.6 Å². The summed E-state index contributed by atoms with van der Waals surface area (Å²) in [5.74, 6) is -0.605. The topological polar surface area (TPSA) is 80.9 Å². The lowest BCUT2D eigenvalue weighted by Crippen LogP contribution is -2.29. The van der Waals surface area contributed by atoms with Crippen LogP contribution in [0.3, 0.4) is 0 Å². The second-order valence-electron chi connectivity index (χ2n) is 3.06. The van der Waals surface area contributed by atoms with E-state index in [1.165, 1.54) is 30.0 Å². The van der Waals surface area contributed by atoms with Crippen LogP contribution in [-0.4, -0.2) is 27.6 Å². The first-order valence-corrected chi connectivity index (χ1v) is 4.42. The molecule has 82 valence electrons. The van der Waals surface area contributed by atoms with Crippen molar-refractivity contribution >= 4 is 17.9 Å². The maximum atomic E-state index is 11.7. The van der Waals surface area contributed by atoms with Gasteiger partial charge in [0.2, 0.25) is 5.43 Å². The number of hydrogen-bond acceptors (Lipinski definition) is 5. The highest BCUT2D eigenvalue weighted by Gasteiger charge is 2.13. The summed E-state index contributed by atoms with van der Waals surface area (Å²) in [4.78, 5) is 26.9. The SMILES string of the molecule is COC(=O)c1cc(=CO)c(=O)c2nccn12. The van der Waals surface area contributed by atoms with E-state index in [0.717, 1.165) is 0 Å². The summed E-state index contributed by atoms with van der Waals surface area (Å²) < 4.78 is 5.89. The lowest BCUT2D eigenvalue weighted by atomic mass is 10.3. The van der Waals surface area contributed by atoms with Crippen molar-refractivity contribution < 1.29 is 14.6 Å². The number of imidazole rings is 1. The number of esters is 1. The van der Waals surface area contributed by atoms with Crippen molar-refractivity contribution in [2.45, 2.75) is 0 Å². The summed E-state index contributed by atoms with van der Waals surface area (Å²) in [6.45, 7) is 0. The molecule has 0 fully saturated rings. The molecular weight excluding hydrogens is 212 g/mol. The van der Waals surface area contributed by atoms with Gasteiger partial charge in [0.15, 0.2) is 5.65 Å². The van der Waals surface area contributed by atoms with Gasteiger partial charge in [0, 0.05) is 12.4 Å². The molecule has 6 nitrogen and oxygen atoms in total. The van der Waals surface area contributed by atoms with E-state index in [1.54, 1.807) is 0 Å². The fourth-order valence-electron chi connectivity index (χ4n) is 1.44. The minimum Gasteiger partial charge on any atom is -0.515 e. The van der Waals surface area contributed by atoms with Crippen molar-refractivity contribution in [3.05, 3.63) is 39.6 Å². The summed E-state index contributed by atoms with van der Waals surface area (Å²) in [7, 11) is 1.23. The summed E-state index contributed by atoms with van der Waals surface area (Å²) in [5, 5.41) is 8.88. The average molecular weight is 220 g/mol. The number of ether oxygens (including phenoxy) is 1. The third-order valence-corrected chi connectivity index (χ3v) is 2.19. The van der Waals surface area contributed by atoms with Crippen molar-refractivity contribution in [1.29, 1.82) is 0 Å². The molecule has 2 rings (SSSR count). The number of carbonyl (C=O) groups is 1. The molecule has 0 saturated carbocycles. The first-order valence-electron chi connectivity index (χ1n) is 4.42. The van der Waals surface area contributed by atoms with Crippen molar-refractivity contribution in [3.63, 3.8) is 0 Å². The number of rotatable bonds is 1. The monoisotopic (exact) mass is 220 g/mol. The molecule has 2 aromatic heterocycles. The summed E-state index contributed by atoms with van der Waals surface area (Å²) in [6.07, 6.45) is 3.51. The molecule has 0 aliphatic rings. The third kappa shape index (κ3) is 1.31. The number of aliphatic hydroxyl groups excluding tert-OH is 1. The van der Waals surface area contributed by atoms with Crippen LogP contribution in [-0.2, 0) is 4.74 Å². The molecule has 0 aromatic carbocycles. The molecule has 1 N–H and O–H groups in total. The normalized spacial score (nSPS) is 11.9. The summed E-state index contributed by atoms with van der Waals surface area (Å²) in [6, 6.07) is 1.25. The maximum absolute atomic E-state index is 11.7. The van der Waals surface area contributed by atoms with Gasteiger partial charge in [-0.2, -0.15) is 0 Å². The van der Waals surface area contributed by atoms with Gasteiger partial charge < -0.3 is 9.84 Å². The molecule has 2 aromatic rings. The van der Waals surface area contributed by atoms with Crippen LogP contribution in [0.1, 0.15) is 10.5 Å². The molecule has 0 aliphatic carbocycles. The molecule has 2 heterocycles. The molecule has 0 spiro atoms. The predicted molar refractivity (Wildman–Crippen MR) is 55.1 cm³/mol. The highest BCUT2D eigenvalue weighted by atomic mass is 16.5. The van der Waals surface area contributed by atoms with Crippen LogP contribution in [0.2, 0.25) is 0 Å². The Morgan fingerprint density at radius 2 is 2.38 bits per heavy atom. The number of pyridine rings is 1. The number of hydrogen-bond donors (Lipinski definition) is 1. The van der Waals surface area contributed by atoms with Gasteiger partial charge >= 0.3 is 5.97 Å². The maximum Gasteiger partial charge on any atom is 0.355 e. The molecule has 0 bridgehead atoms. The summed E-state index contributed by atoms with van der Waals surface area (Å²) >= 11 is 0. The van der Waals surface area contributed by atoms with E-state index in [9.17, 15) is 9.59 Å². The molecule has 0 atom stereocenters. The van der Waals surface area contributed by atoms with Crippen LogP contribution in [0.4, 0.5) is 0 Å². The second kappa shape index (κ2) is 3.65. The molecule has 0 radical (unpaired) electrons. The zero-order chi connectivity index (χ0) is 11.7. The van der Waals surface area contributed by atoms with E-state index in [4.69, 9.17) is 5.11 Å². The Hall–Kier alpha value is -2.37. The quantitative estimate of drug-likeness (QED) is 0.655. The third-order valence-electron chi connectivity index (χ3n) is 2.19. The van der Waals surface area contributed by atoms with Crippen LogP contribution in [0.5, 0.6) is 0 Å². The number of aromatic nitrogens is 2. The molecular formula is C10H8N2O4. The van der Waals surface area contributed by atoms with Gasteiger partial charge in [0.05, 0.1) is 18.6 Å². The standard InChI is InChI=1S/C10H8N2O4/c1-16-10(15)7-4-6(5-13)8(14)9-11-2-3-12(7)9/h2-5,13H,1H3. The Bertz CT molecular complexity index is 659. The van der Waals surface area contributed by atoms with Crippen LogP contribution in [0.25, 0.3) is 11.9 Å². The Kier molecular flexibility index (Phi) is 2.32. The average Bonchev–Trinajstić information content (AvgIpc) is 2.78. The van der Waals surface area contributed by atoms with E-state index in [2.05, 4.69) is 9.72 Å². The number of aliphatic hydroxyl groups is 1. The highest BCUT2D eigenvalue weighted by molar-refractivity contribution is 5.88. The Morgan fingerprint density at radius 1 is 1.62 bits per heavy atom.